The minimum atomic E-state index is -1.01. The molecule has 0 aliphatic heterocycles. The second-order valence-electron chi connectivity index (χ2n) is 6.46. The van der Waals surface area contributed by atoms with E-state index in [0.29, 0.717) is 32.5 Å². The summed E-state index contributed by atoms with van der Waals surface area (Å²) in [7, 11) is 0. The van der Waals surface area contributed by atoms with Crippen molar-refractivity contribution < 1.29 is 29.7 Å². The van der Waals surface area contributed by atoms with Crippen molar-refractivity contribution in [3.8, 4) is 5.40 Å². The summed E-state index contributed by atoms with van der Waals surface area (Å²) < 4.78 is 0. The SMILES string of the molecule is N#CSc1ccc(CCC(NCCN(CCNCC(=O)O)CC(=O)O)C(=O)O)cc1. The molecule has 0 aliphatic rings. The van der Waals surface area contributed by atoms with Gasteiger partial charge in [-0.05, 0) is 42.3 Å². The molecule has 1 atom stereocenters. The van der Waals surface area contributed by atoms with Crippen LogP contribution in [0.2, 0.25) is 0 Å². The van der Waals surface area contributed by atoms with Crippen LogP contribution < -0.4 is 10.6 Å². The van der Waals surface area contributed by atoms with Gasteiger partial charge in [0.15, 0.2) is 0 Å². The van der Waals surface area contributed by atoms with E-state index in [2.05, 4.69) is 10.6 Å². The van der Waals surface area contributed by atoms with Gasteiger partial charge >= 0.3 is 17.9 Å². The van der Waals surface area contributed by atoms with Gasteiger partial charge in [0.2, 0.25) is 0 Å². The van der Waals surface area contributed by atoms with Gasteiger partial charge in [0.05, 0.1) is 13.1 Å². The number of aliphatic carboxylic acids is 3. The summed E-state index contributed by atoms with van der Waals surface area (Å²) >= 11 is 1.06. The van der Waals surface area contributed by atoms with E-state index in [0.717, 1.165) is 22.2 Å². The third-order valence-corrected chi connectivity index (χ3v) is 4.76. The molecule has 0 aromatic heterocycles. The third-order valence-electron chi connectivity index (χ3n) is 4.17. The highest BCUT2D eigenvalue weighted by Gasteiger charge is 2.17. The van der Waals surface area contributed by atoms with Crippen LogP contribution >= 0.6 is 11.8 Å². The van der Waals surface area contributed by atoms with Crippen molar-refractivity contribution in [1.29, 1.82) is 5.26 Å². The van der Waals surface area contributed by atoms with Crippen LogP contribution in [0.25, 0.3) is 0 Å². The first kappa shape index (κ1) is 25.4. The molecule has 0 amide bonds. The van der Waals surface area contributed by atoms with Crippen molar-refractivity contribution in [3.63, 3.8) is 0 Å². The zero-order valence-corrected chi connectivity index (χ0v) is 17.2. The molecule has 11 heteroatoms. The molecule has 164 valence electrons. The van der Waals surface area contributed by atoms with E-state index in [1.807, 2.05) is 29.7 Å². The number of nitriles is 1. The Morgan fingerprint density at radius 1 is 1.07 bits per heavy atom. The minimum absolute atomic E-state index is 0.212. The van der Waals surface area contributed by atoms with Crippen LogP contribution in [0.3, 0.4) is 0 Å². The molecule has 0 bridgehead atoms. The average molecular weight is 439 g/mol. The number of hydrogen-bond acceptors (Lipinski definition) is 8. The van der Waals surface area contributed by atoms with E-state index >= 15 is 0 Å². The van der Waals surface area contributed by atoms with Crippen LogP contribution in [-0.2, 0) is 20.8 Å². The van der Waals surface area contributed by atoms with Gasteiger partial charge in [0, 0.05) is 31.1 Å². The summed E-state index contributed by atoms with van der Waals surface area (Å²) in [4.78, 5) is 35.4. The fourth-order valence-corrected chi connectivity index (χ4v) is 3.07. The number of aryl methyl sites for hydroxylation is 1. The minimum Gasteiger partial charge on any atom is -0.480 e. The topological polar surface area (TPSA) is 163 Å². The Morgan fingerprint density at radius 3 is 2.30 bits per heavy atom. The van der Waals surface area contributed by atoms with Crippen LogP contribution in [0.15, 0.2) is 29.2 Å². The average Bonchev–Trinajstić information content (AvgIpc) is 2.68. The number of benzene rings is 1. The summed E-state index contributed by atoms with van der Waals surface area (Å²) in [6, 6.07) is 6.56. The largest absolute Gasteiger partial charge is 0.480 e. The highest BCUT2D eigenvalue weighted by molar-refractivity contribution is 8.03. The number of carbonyl (C=O) groups is 3. The predicted molar refractivity (Wildman–Crippen MR) is 110 cm³/mol. The van der Waals surface area contributed by atoms with E-state index in [1.165, 1.54) is 0 Å². The quantitative estimate of drug-likeness (QED) is 0.137. The van der Waals surface area contributed by atoms with Gasteiger partial charge in [-0.2, -0.15) is 5.26 Å². The molecule has 0 fully saturated rings. The number of hydrogen-bond donors (Lipinski definition) is 5. The number of rotatable bonds is 16. The monoisotopic (exact) mass is 438 g/mol. The van der Waals surface area contributed by atoms with Gasteiger partial charge in [-0.1, -0.05) is 12.1 Å². The fraction of sp³-hybridized carbons (Fsp3) is 0.474. The molecular weight excluding hydrogens is 412 g/mol. The maximum Gasteiger partial charge on any atom is 0.320 e. The zero-order chi connectivity index (χ0) is 22.4. The molecule has 1 aromatic carbocycles. The lowest BCUT2D eigenvalue weighted by atomic mass is 10.1. The highest BCUT2D eigenvalue weighted by atomic mass is 32.2. The van der Waals surface area contributed by atoms with Crippen LogP contribution in [0, 0.1) is 10.7 Å². The van der Waals surface area contributed by atoms with Gasteiger partial charge < -0.3 is 26.0 Å². The molecular formula is C19H26N4O6S. The van der Waals surface area contributed by atoms with Gasteiger partial charge in [0.1, 0.15) is 11.4 Å². The van der Waals surface area contributed by atoms with Crippen LogP contribution in [0.4, 0.5) is 0 Å². The smallest absolute Gasteiger partial charge is 0.320 e. The Bertz CT molecular complexity index is 738. The van der Waals surface area contributed by atoms with Crippen molar-refractivity contribution in [2.45, 2.75) is 23.8 Å². The van der Waals surface area contributed by atoms with Crippen LogP contribution in [0.5, 0.6) is 0 Å². The number of nitrogens with one attached hydrogen (secondary N) is 2. The molecule has 0 aliphatic carbocycles. The third kappa shape index (κ3) is 11.4. The number of nitrogens with zero attached hydrogens (tertiary/aromatic N) is 2. The molecule has 5 N–H and O–H groups in total. The standard InChI is InChI=1S/C19H26N4O6S/c20-13-30-15-4-1-14(2-5-15)3-6-16(19(28)29)22-8-10-23(12-18(26)27)9-7-21-11-17(24)25/h1-2,4-5,16,21-22H,3,6-12H2,(H,24,25)(H,26,27)(H,28,29). The Hall–Kier alpha value is -2.65. The molecule has 0 radical (unpaired) electrons. The molecule has 10 nitrogen and oxygen atoms in total. The molecule has 0 saturated carbocycles. The first-order chi connectivity index (χ1) is 14.3. The van der Waals surface area contributed by atoms with E-state index in [9.17, 15) is 19.5 Å². The maximum atomic E-state index is 11.5. The Morgan fingerprint density at radius 2 is 1.73 bits per heavy atom. The predicted octanol–water partition coefficient (Wildman–Crippen LogP) is 0.296. The van der Waals surface area contributed by atoms with Crippen LogP contribution in [0.1, 0.15) is 12.0 Å². The fourth-order valence-electron chi connectivity index (χ4n) is 2.69. The molecule has 0 heterocycles. The van der Waals surface area contributed by atoms with E-state index in [4.69, 9.17) is 15.5 Å². The van der Waals surface area contributed by atoms with Gasteiger partial charge in [-0.15, -0.1) is 0 Å². The summed E-state index contributed by atoms with van der Waals surface area (Å²) in [6.45, 7) is 0.789. The molecule has 1 unspecified atom stereocenters. The number of thioether (sulfide) groups is 1. The number of thiocyanates is 1. The highest BCUT2D eigenvalue weighted by Crippen LogP contribution is 2.17. The summed E-state index contributed by atoms with van der Waals surface area (Å²) in [5, 5.41) is 43.3. The lowest BCUT2D eigenvalue weighted by molar-refractivity contribution is -0.140. The zero-order valence-electron chi connectivity index (χ0n) is 16.4. The van der Waals surface area contributed by atoms with Crippen LogP contribution in [-0.4, -0.2) is 83.4 Å². The van der Waals surface area contributed by atoms with Crippen molar-refractivity contribution in [2.75, 3.05) is 39.3 Å². The Labute approximate surface area is 178 Å². The lowest BCUT2D eigenvalue weighted by Gasteiger charge is -2.22. The Balaban J connectivity index is 2.46. The van der Waals surface area contributed by atoms with Crippen molar-refractivity contribution >= 4 is 29.7 Å². The van der Waals surface area contributed by atoms with Gasteiger partial charge in [-0.25, -0.2) is 0 Å². The van der Waals surface area contributed by atoms with Gasteiger partial charge in [0.25, 0.3) is 0 Å². The number of carboxylic acid groups (broad SMARTS) is 3. The molecule has 0 spiro atoms. The van der Waals surface area contributed by atoms with Crippen molar-refractivity contribution in [2.24, 2.45) is 0 Å². The number of carboxylic acids is 3. The molecule has 1 rings (SSSR count). The normalized spacial score (nSPS) is 11.7. The van der Waals surface area contributed by atoms with E-state index < -0.39 is 23.9 Å². The van der Waals surface area contributed by atoms with E-state index in [1.54, 1.807) is 4.90 Å². The summed E-state index contributed by atoms with van der Waals surface area (Å²) in [5.41, 5.74) is 0.961. The summed E-state index contributed by atoms with van der Waals surface area (Å²) in [6.07, 6.45) is 0.901. The van der Waals surface area contributed by atoms with Crippen molar-refractivity contribution in [1.82, 2.24) is 15.5 Å². The maximum absolute atomic E-state index is 11.5. The summed E-state index contributed by atoms with van der Waals surface area (Å²) in [5.74, 6) is -3.00. The first-order valence-corrected chi connectivity index (χ1v) is 10.1. The lowest BCUT2D eigenvalue weighted by Crippen LogP contribution is -2.44. The second-order valence-corrected chi connectivity index (χ2v) is 7.32. The van der Waals surface area contributed by atoms with E-state index in [-0.39, 0.29) is 19.6 Å². The first-order valence-electron chi connectivity index (χ1n) is 9.29. The molecule has 1 aromatic rings. The second kappa shape index (κ2) is 14.4. The molecule has 30 heavy (non-hydrogen) atoms. The molecule has 0 saturated heterocycles. The Kier molecular flexibility index (Phi) is 12.1. The van der Waals surface area contributed by atoms with Gasteiger partial charge in [-0.3, -0.25) is 19.3 Å². The van der Waals surface area contributed by atoms with Crippen molar-refractivity contribution in [3.05, 3.63) is 29.8 Å².